The Bertz CT molecular complexity index is 673. The third-order valence-electron chi connectivity index (χ3n) is 5.15. The average molecular weight is 328 g/mol. The van der Waals surface area contributed by atoms with Gasteiger partial charge in [-0.3, -0.25) is 9.69 Å². The number of rotatable bonds is 6. The van der Waals surface area contributed by atoms with Crippen LogP contribution >= 0.6 is 0 Å². The van der Waals surface area contributed by atoms with Crippen molar-refractivity contribution in [2.24, 2.45) is 0 Å². The summed E-state index contributed by atoms with van der Waals surface area (Å²) >= 11 is 0. The second-order valence-corrected chi connectivity index (χ2v) is 6.55. The van der Waals surface area contributed by atoms with E-state index in [1.165, 1.54) is 10.9 Å². The van der Waals surface area contributed by atoms with E-state index >= 15 is 0 Å². The van der Waals surface area contributed by atoms with E-state index < -0.39 is 0 Å². The number of amides is 1. The Morgan fingerprint density at radius 3 is 2.75 bits per heavy atom. The van der Waals surface area contributed by atoms with Crippen molar-refractivity contribution < 1.29 is 4.79 Å². The fourth-order valence-corrected chi connectivity index (χ4v) is 3.44. The predicted molar refractivity (Wildman–Crippen MR) is 98.2 cm³/mol. The van der Waals surface area contributed by atoms with Crippen LogP contribution in [0.3, 0.4) is 0 Å². The molecule has 1 aliphatic rings. The van der Waals surface area contributed by atoms with Crippen molar-refractivity contribution in [3.63, 3.8) is 0 Å². The molecule has 24 heavy (non-hydrogen) atoms. The maximum atomic E-state index is 12.4. The highest BCUT2D eigenvalue weighted by molar-refractivity contribution is 5.83. The first-order chi connectivity index (χ1) is 11.7. The van der Waals surface area contributed by atoms with E-state index in [1.807, 2.05) is 19.2 Å². The number of hydrogen-bond acceptors (Lipinski definition) is 3. The van der Waals surface area contributed by atoms with Gasteiger partial charge in [-0.15, -0.1) is 0 Å². The van der Waals surface area contributed by atoms with Gasteiger partial charge in [0.25, 0.3) is 0 Å². The minimum atomic E-state index is -0.0491. The van der Waals surface area contributed by atoms with Crippen molar-refractivity contribution in [3.05, 3.63) is 36.0 Å². The Hall–Kier alpha value is -1.85. The lowest BCUT2D eigenvalue weighted by Gasteiger charge is -2.36. The molecule has 1 aliphatic heterocycles. The molecule has 5 heteroatoms. The zero-order valence-corrected chi connectivity index (χ0v) is 14.7. The van der Waals surface area contributed by atoms with Crippen LogP contribution in [0.25, 0.3) is 10.9 Å². The quantitative estimate of drug-likeness (QED) is 0.851. The topological polar surface area (TPSA) is 51.4 Å². The maximum absolute atomic E-state index is 12.4. The van der Waals surface area contributed by atoms with Gasteiger partial charge in [0.05, 0.1) is 6.04 Å². The molecule has 1 fully saturated rings. The van der Waals surface area contributed by atoms with Crippen LogP contribution in [-0.2, 0) is 11.2 Å². The number of nitrogens with zero attached hydrogens (tertiary/aromatic N) is 2. The number of H-pyrrole nitrogens is 1. The van der Waals surface area contributed by atoms with E-state index in [9.17, 15) is 4.79 Å². The molecule has 0 spiro atoms. The number of hydrogen-bond donors (Lipinski definition) is 2. The summed E-state index contributed by atoms with van der Waals surface area (Å²) in [6.07, 6.45) is 2.90. The number of carbonyl (C=O) groups is 1. The standard InChI is InChI=1S/C19H28N4O/c1-3-22-10-12-23(13-11-22)15(2)19(24)20-9-8-16-14-21-18-7-5-4-6-17(16)18/h4-7,14-15,21H,3,8-13H2,1-2H3,(H,20,24). The van der Waals surface area contributed by atoms with Crippen LogP contribution in [0, 0.1) is 0 Å². The van der Waals surface area contributed by atoms with Crippen molar-refractivity contribution >= 4 is 16.8 Å². The predicted octanol–water partition coefficient (Wildman–Crippen LogP) is 1.85. The van der Waals surface area contributed by atoms with Crippen LogP contribution < -0.4 is 5.32 Å². The summed E-state index contributed by atoms with van der Waals surface area (Å²) in [7, 11) is 0. The van der Waals surface area contributed by atoms with Crippen LogP contribution in [0.2, 0.25) is 0 Å². The van der Waals surface area contributed by atoms with Gasteiger partial charge in [0.15, 0.2) is 0 Å². The average Bonchev–Trinajstić information content (AvgIpc) is 3.04. The molecule has 3 rings (SSSR count). The number of aromatic nitrogens is 1. The first-order valence-electron chi connectivity index (χ1n) is 8.98. The zero-order valence-electron chi connectivity index (χ0n) is 14.7. The van der Waals surface area contributed by atoms with Gasteiger partial charge in [0.2, 0.25) is 5.91 Å². The van der Waals surface area contributed by atoms with Gasteiger partial charge in [0, 0.05) is 49.8 Å². The van der Waals surface area contributed by atoms with Crippen LogP contribution in [0.1, 0.15) is 19.4 Å². The number of fused-ring (bicyclic) bond motifs is 1. The van der Waals surface area contributed by atoms with E-state index in [0.717, 1.165) is 44.7 Å². The Morgan fingerprint density at radius 2 is 2.00 bits per heavy atom. The number of likely N-dealkylation sites (N-methyl/N-ethyl adjacent to an activating group) is 1. The fraction of sp³-hybridized carbons (Fsp3) is 0.526. The molecule has 0 saturated carbocycles. The smallest absolute Gasteiger partial charge is 0.237 e. The number of benzene rings is 1. The molecular formula is C19H28N4O. The molecule has 0 aliphatic carbocycles. The monoisotopic (exact) mass is 328 g/mol. The molecule has 1 unspecified atom stereocenters. The van der Waals surface area contributed by atoms with E-state index in [-0.39, 0.29) is 11.9 Å². The molecule has 1 aromatic heterocycles. The second kappa shape index (κ2) is 7.81. The lowest BCUT2D eigenvalue weighted by Crippen LogP contribution is -2.53. The van der Waals surface area contributed by atoms with Crippen LogP contribution in [0.15, 0.2) is 30.5 Å². The number of carbonyl (C=O) groups excluding carboxylic acids is 1. The summed E-state index contributed by atoms with van der Waals surface area (Å²) < 4.78 is 0. The Balaban J connectivity index is 1.47. The van der Waals surface area contributed by atoms with Gasteiger partial charge in [-0.2, -0.15) is 0 Å². The highest BCUT2D eigenvalue weighted by Crippen LogP contribution is 2.17. The van der Waals surface area contributed by atoms with Gasteiger partial charge in [-0.1, -0.05) is 25.1 Å². The highest BCUT2D eigenvalue weighted by atomic mass is 16.2. The maximum Gasteiger partial charge on any atom is 0.237 e. The third kappa shape index (κ3) is 3.79. The molecule has 2 aromatic rings. The molecule has 2 N–H and O–H groups in total. The Labute approximate surface area is 144 Å². The molecule has 2 heterocycles. The highest BCUT2D eigenvalue weighted by Gasteiger charge is 2.24. The van der Waals surface area contributed by atoms with Crippen molar-refractivity contribution in [1.29, 1.82) is 0 Å². The first kappa shape index (κ1) is 17.0. The molecule has 1 amide bonds. The van der Waals surface area contributed by atoms with Gasteiger partial charge in [-0.05, 0) is 31.5 Å². The zero-order chi connectivity index (χ0) is 16.9. The van der Waals surface area contributed by atoms with E-state index in [0.29, 0.717) is 6.54 Å². The Morgan fingerprint density at radius 1 is 1.25 bits per heavy atom. The van der Waals surface area contributed by atoms with Crippen LogP contribution in [0.4, 0.5) is 0 Å². The van der Waals surface area contributed by atoms with Gasteiger partial charge < -0.3 is 15.2 Å². The third-order valence-corrected chi connectivity index (χ3v) is 5.15. The summed E-state index contributed by atoms with van der Waals surface area (Å²) in [4.78, 5) is 20.4. The van der Waals surface area contributed by atoms with E-state index in [1.54, 1.807) is 0 Å². The molecule has 1 saturated heterocycles. The first-order valence-corrected chi connectivity index (χ1v) is 8.98. The van der Waals surface area contributed by atoms with Crippen molar-refractivity contribution in [2.75, 3.05) is 39.3 Å². The lowest BCUT2D eigenvalue weighted by molar-refractivity contribution is -0.126. The molecule has 0 bridgehead atoms. The lowest BCUT2D eigenvalue weighted by atomic mass is 10.1. The summed E-state index contributed by atoms with van der Waals surface area (Å²) in [6.45, 7) is 10.1. The second-order valence-electron chi connectivity index (χ2n) is 6.55. The van der Waals surface area contributed by atoms with Gasteiger partial charge in [0.1, 0.15) is 0 Å². The fourth-order valence-electron chi connectivity index (χ4n) is 3.44. The summed E-state index contributed by atoms with van der Waals surface area (Å²) in [6, 6.07) is 8.24. The van der Waals surface area contributed by atoms with E-state index in [4.69, 9.17) is 0 Å². The van der Waals surface area contributed by atoms with Gasteiger partial charge >= 0.3 is 0 Å². The SMILES string of the molecule is CCN1CCN(C(C)C(=O)NCCc2c[nH]c3ccccc23)CC1. The molecule has 1 atom stereocenters. The minimum absolute atomic E-state index is 0.0491. The minimum Gasteiger partial charge on any atom is -0.361 e. The summed E-state index contributed by atoms with van der Waals surface area (Å²) in [5.74, 6) is 0.139. The van der Waals surface area contributed by atoms with Crippen LogP contribution in [-0.4, -0.2) is 66.0 Å². The van der Waals surface area contributed by atoms with Crippen LogP contribution in [0.5, 0.6) is 0 Å². The number of nitrogens with one attached hydrogen (secondary N) is 2. The van der Waals surface area contributed by atoms with Gasteiger partial charge in [-0.25, -0.2) is 0 Å². The van der Waals surface area contributed by atoms with Crippen molar-refractivity contribution in [3.8, 4) is 0 Å². The number of aromatic amines is 1. The normalized spacial score (nSPS) is 17.9. The van der Waals surface area contributed by atoms with Crippen molar-refractivity contribution in [1.82, 2.24) is 20.1 Å². The molecule has 5 nitrogen and oxygen atoms in total. The Kier molecular flexibility index (Phi) is 5.53. The van der Waals surface area contributed by atoms with E-state index in [2.05, 4.69) is 45.2 Å². The molecule has 130 valence electrons. The summed E-state index contributed by atoms with van der Waals surface area (Å²) in [5, 5.41) is 4.35. The molecule has 0 radical (unpaired) electrons. The number of piperazine rings is 1. The molecule has 1 aromatic carbocycles. The molecular weight excluding hydrogens is 300 g/mol. The largest absolute Gasteiger partial charge is 0.361 e. The number of para-hydroxylation sites is 1. The summed E-state index contributed by atoms with van der Waals surface area (Å²) in [5.41, 5.74) is 2.41. The van der Waals surface area contributed by atoms with Crippen molar-refractivity contribution in [2.45, 2.75) is 26.3 Å².